The van der Waals surface area contributed by atoms with Gasteiger partial charge < -0.3 is 14.8 Å². The number of ether oxygens (including phenoxy) is 2. The Morgan fingerprint density at radius 3 is 2.35 bits per heavy atom. The van der Waals surface area contributed by atoms with Crippen LogP contribution in [-0.2, 0) is 24.8 Å². The molecule has 0 spiro atoms. The molecule has 178 valence electrons. The second kappa shape index (κ2) is 9.15. The van der Waals surface area contributed by atoms with Crippen LogP contribution in [0.2, 0.25) is 0 Å². The third-order valence-corrected chi connectivity index (χ3v) is 7.06. The number of sulfonamides is 2. The molecule has 2 N–H and O–H groups in total. The lowest BCUT2D eigenvalue weighted by Crippen LogP contribution is -2.37. The highest BCUT2D eigenvalue weighted by Crippen LogP contribution is 2.36. The zero-order valence-electron chi connectivity index (χ0n) is 17.7. The summed E-state index contributed by atoms with van der Waals surface area (Å²) < 4.78 is 63.2. The van der Waals surface area contributed by atoms with Crippen molar-refractivity contribution >= 4 is 43.3 Å². The number of anilines is 3. The number of rotatable bonds is 8. The molecule has 4 rings (SSSR count). The highest BCUT2D eigenvalue weighted by atomic mass is 32.2. The normalized spacial score (nSPS) is 12.7. The van der Waals surface area contributed by atoms with E-state index >= 15 is 0 Å². The molecular weight excluding hydrogens is 486 g/mol. The molecule has 2 heterocycles. The highest BCUT2D eigenvalue weighted by Gasteiger charge is 2.24. The van der Waals surface area contributed by atoms with Crippen LogP contribution in [-0.4, -0.2) is 52.3 Å². The highest BCUT2D eigenvalue weighted by molar-refractivity contribution is 7.92. The molecule has 1 amide bonds. The first-order chi connectivity index (χ1) is 16.1. The number of hydrogen-bond acceptors (Lipinski definition) is 9. The summed E-state index contributed by atoms with van der Waals surface area (Å²) in [5, 5.41) is 2.55. The maximum absolute atomic E-state index is 12.6. The predicted molar refractivity (Wildman–Crippen MR) is 123 cm³/mol. The average Bonchev–Trinajstić information content (AvgIpc) is 3.25. The summed E-state index contributed by atoms with van der Waals surface area (Å²) in [6, 6.07) is 11.4. The van der Waals surface area contributed by atoms with Gasteiger partial charge >= 0.3 is 0 Å². The van der Waals surface area contributed by atoms with Gasteiger partial charge in [0.05, 0.1) is 16.8 Å². The zero-order valence-corrected chi connectivity index (χ0v) is 19.3. The van der Waals surface area contributed by atoms with Crippen LogP contribution in [0.5, 0.6) is 11.5 Å². The van der Waals surface area contributed by atoms with Crippen molar-refractivity contribution < 1.29 is 31.1 Å². The zero-order chi connectivity index (χ0) is 24.3. The quantitative estimate of drug-likeness (QED) is 0.462. The van der Waals surface area contributed by atoms with Crippen LogP contribution in [0.3, 0.4) is 0 Å². The average molecular weight is 506 g/mol. The molecule has 0 aliphatic carbocycles. The first-order valence-corrected chi connectivity index (χ1v) is 13.0. The number of carbonyl (C=O) groups excluding carboxylic acids is 1. The maximum atomic E-state index is 12.6. The molecule has 1 aromatic heterocycles. The second-order valence-corrected chi connectivity index (χ2v) is 10.6. The van der Waals surface area contributed by atoms with E-state index in [2.05, 4.69) is 20.0 Å². The van der Waals surface area contributed by atoms with Gasteiger partial charge in [0.2, 0.25) is 28.7 Å². The van der Waals surface area contributed by atoms with Crippen LogP contribution >= 0.6 is 0 Å². The van der Waals surface area contributed by atoms with Crippen molar-refractivity contribution in [2.45, 2.75) is 4.90 Å². The topological polar surface area (TPSA) is 157 Å². The molecule has 3 aromatic rings. The number of aromatic nitrogens is 2. The lowest BCUT2D eigenvalue weighted by molar-refractivity contribution is -0.114. The number of nitrogens with zero attached hydrogens (tertiary/aromatic N) is 3. The van der Waals surface area contributed by atoms with Crippen molar-refractivity contribution in [2.75, 3.05) is 33.9 Å². The van der Waals surface area contributed by atoms with Gasteiger partial charge in [0, 0.05) is 24.1 Å². The molecule has 0 unspecified atom stereocenters. The van der Waals surface area contributed by atoms with Crippen molar-refractivity contribution in [3.05, 3.63) is 60.9 Å². The first-order valence-electron chi connectivity index (χ1n) is 9.69. The van der Waals surface area contributed by atoms with Crippen LogP contribution in [0.25, 0.3) is 0 Å². The molecule has 0 fully saturated rings. The van der Waals surface area contributed by atoms with Gasteiger partial charge in [-0.15, -0.1) is 0 Å². The van der Waals surface area contributed by atoms with Gasteiger partial charge in [-0.1, -0.05) is 0 Å². The number of hydrogen-bond donors (Lipinski definition) is 2. The summed E-state index contributed by atoms with van der Waals surface area (Å²) in [6.07, 6.45) is 3.77. The van der Waals surface area contributed by atoms with E-state index in [9.17, 15) is 21.6 Å². The van der Waals surface area contributed by atoms with Crippen LogP contribution in [0.1, 0.15) is 0 Å². The van der Waals surface area contributed by atoms with Crippen molar-refractivity contribution in [1.82, 2.24) is 9.97 Å². The van der Waals surface area contributed by atoms with E-state index in [0.717, 1.165) is 10.6 Å². The fourth-order valence-corrected chi connectivity index (χ4v) is 4.83. The van der Waals surface area contributed by atoms with Crippen LogP contribution in [0.15, 0.2) is 65.8 Å². The minimum Gasteiger partial charge on any atom is -0.454 e. The molecule has 0 bridgehead atoms. The second-order valence-electron chi connectivity index (χ2n) is 7.06. The number of fused-ring (bicyclic) bond motifs is 1. The molecule has 12 nitrogen and oxygen atoms in total. The van der Waals surface area contributed by atoms with Crippen molar-refractivity contribution in [2.24, 2.45) is 0 Å². The number of nitrogens with one attached hydrogen (secondary N) is 2. The summed E-state index contributed by atoms with van der Waals surface area (Å²) in [4.78, 5) is 20.1. The first kappa shape index (κ1) is 23.3. The van der Waals surface area contributed by atoms with Crippen molar-refractivity contribution in [1.29, 1.82) is 0 Å². The van der Waals surface area contributed by atoms with Crippen molar-refractivity contribution in [3.8, 4) is 11.5 Å². The summed E-state index contributed by atoms with van der Waals surface area (Å²) in [5.41, 5.74) is 0.511. The molecule has 14 heteroatoms. The molecule has 0 saturated heterocycles. The Balaban J connectivity index is 1.45. The van der Waals surface area contributed by atoms with Crippen LogP contribution in [0, 0.1) is 0 Å². The van der Waals surface area contributed by atoms with Crippen LogP contribution < -0.4 is 23.8 Å². The Hall–Kier alpha value is -3.91. The molecule has 2 aromatic carbocycles. The van der Waals surface area contributed by atoms with E-state index in [4.69, 9.17) is 9.47 Å². The molecule has 34 heavy (non-hydrogen) atoms. The Morgan fingerprint density at radius 1 is 1.00 bits per heavy atom. The van der Waals surface area contributed by atoms with Gasteiger partial charge in [-0.25, -0.2) is 31.5 Å². The van der Waals surface area contributed by atoms with Gasteiger partial charge in [-0.3, -0.25) is 9.10 Å². The fourth-order valence-electron chi connectivity index (χ4n) is 3.02. The summed E-state index contributed by atoms with van der Waals surface area (Å²) in [7, 11) is -7.74. The van der Waals surface area contributed by atoms with E-state index in [1.165, 1.54) is 48.8 Å². The Kier molecular flexibility index (Phi) is 6.26. The van der Waals surface area contributed by atoms with E-state index in [-0.39, 0.29) is 29.0 Å². The van der Waals surface area contributed by atoms with Gasteiger partial charge in [0.15, 0.2) is 11.5 Å². The Morgan fingerprint density at radius 2 is 1.68 bits per heavy atom. The monoisotopic (exact) mass is 505 g/mol. The van der Waals surface area contributed by atoms with E-state index in [0.29, 0.717) is 11.5 Å². The number of amides is 1. The third-order valence-electron chi connectivity index (χ3n) is 4.57. The summed E-state index contributed by atoms with van der Waals surface area (Å²) in [6.45, 7) is -0.483. The smallest absolute Gasteiger partial charge is 0.264 e. The summed E-state index contributed by atoms with van der Waals surface area (Å²) >= 11 is 0. The van der Waals surface area contributed by atoms with Crippen LogP contribution in [0.4, 0.5) is 17.3 Å². The molecular formula is C20H19N5O7S2. The summed E-state index contributed by atoms with van der Waals surface area (Å²) in [5.74, 6) is 0.140. The Labute approximate surface area is 195 Å². The van der Waals surface area contributed by atoms with Crippen molar-refractivity contribution in [3.63, 3.8) is 0 Å². The van der Waals surface area contributed by atoms with E-state index in [1.54, 1.807) is 12.1 Å². The third kappa shape index (κ3) is 5.35. The largest absolute Gasteiger partial charge is 0.454 e. The standard InChI is InChI=1S/C20H19N5O7S2/c1-33(27,28)25(15-5-8-17-18(11-15)32-13-31-17)12-19(26)23-14-3-6-16(7-4-14)34(29,30)24-20-21-9-2-10-22-20/h2-11H,12-13H2,1H3,(H,23,26)(H,21,22,24). The van der Waals surface area contributed by atoms with Gasteiger partial charge in [-0.05, 0) is 42.5 Å². The molecule has 0 saturated carbocycles. The molecule has 1 aliphatic rings. The molecule has 1 aliphatic heterocycles. The molecule has 0 atom stereocenters. The van der Waals surface area contributed by atoms with Gasteiger partial charge in [0.25, 0.3) is 10.0 Å². The maximum Gasteiger partial charge on any atom is 0.264 e. The minimum absolute atomic E-state index is 0.0256. The van der Waals surface area contributed by atoms with Gasteiger partial charge in [0.1, 0.15) is 6.54 Å². The number of benzene rings is 2. The SMILES string of the molecule is CS(=O)(=O)N(CC(=O)Nc1ccc(S(=O)(=O)Nc2ncccn2)cc1)c1ccc2c(c1)OCO2. The molecule has 0 radical (unpaired) electrons. The van der Waals surface area contributed by atoms with Gasteiger partial charge in [-0.2, -0.15) is 0 Å². The van der Waals surface area contributed by atoms with E-state index < -0.39 is 32.5 Å². The van der Waals surface area contributed by atoms with E-state index in [1.807, 2.05) is 0 Å². The minimum atomic E-state index is -3.94. The Bertz CT molecular complexity index is 1410. The lowest BCUT2D eigenvalue weighted by atomic mass is 10.2. The fraction of sp³-hybridized carbons (Fsp3) is 0.150. The number of carbonyl (C=O) groups is 1. The lowest BCUT2D eigenvalue weighted by Gasteiger charge is -2.22. The predicted octanol–water partition coefficient (Wildman–Crippen LogP) is 1.41.